The van der Waals surface area contributed by atoms with E-state index in [1.165, 1.54) is 0 Å². The van der Waals surface area contributed by atoms with E-state index in [2.05, 4.69) is 9.97 Å². The lowest BCUT2D eigenvalue weighted by Crippen LogP contribution is -2.26. The highest BCUT2D eigenvalue weighted by Crippen LogP contribution is 2.05. The highest BCUT2D eigenvalue weighted by Gasteiger charge is 2.15. The molecule has 0 saturated carbocycles. The summed E-state index contributed by atoms with van der Waals surface area (Å²) in [6, 6.07) is 5.63. The van der Waals surface area contributed by atoms with Crippen LogP contribution in [0.1, 0.15) is 16.2 Å². The predicted molar refractivity (Wildman–Crippen MR) is 71.3 cm³/mol. The molecule has 2 aromatic rings. The molecule has 2 heterocycles. The Hall–Kier alpha value is -2.21. The van der Waals surface area contributed by atoms with E-state index in [1.807, 2.05) is 22.8 Å². The summed E-state index contributed by atoms with van der Waals surface area (Å²) in [7, 11) is 1.74. The Morgan fingerprint density at radius 1 is 1.42 bits per heavy atom. The number of rotatable bonds is 5. The van der Waals surface area contributed by atoms with Gasteiger partial charge in [-0.05, 0) is 12.1 Å². The van der Waals surface area contributed by atoms with Crippen LogP contribution in [0.4, 0.5) is 0 Å². The lowest BCUT2D eigenvalue weighted by atomic mass is 10.3. The molecule has 0 fully saturated rings. The Morgan fingerprint density at radius 2 is 2.26 bits per heavy atom. The summed E-state index contributed by atoms with van der Waals surface area (Å²) in [5.41, 5.74) is 6.73. The van der Waals surface area contributed by atoms with Gasteiger partial charge in [-0.3, -0.25) is 9.78 Å². The van der Waals surface area contributed by atoms with Gasteiger partial charge in [-0.2, -0.15) is 0 Å². The van der Waals surface area contributed by atoms with E-state index in [-0.39, 0.29) is 5.91 Å². The first-order chi connectivity index (χ1) is 9.20. The van der Waals surface area contributed by atoms with Gasteiger partial charge in [-0.1, -0.05) is 6.07 Å². The SMILES string of the molecule is CN(Cc1ccccn1)C(=O)c1cn(CCN)cn1. The second-order valence-corrected chi connectivity index (χ2v) is 4.27. The number of hydrogen-bond donors (Lipinski definition) is 1. The standard InChI is InChI=1S/C13H17N5O/c1-17(8-11-4-2-3-6-15-11)13(19)12-9-18(7-5-14)10-16-12/h2-4,6,9-10H,5,7-8,14H2,1H3. The molecular formula is C13H17N5O. The van der Waals surface area contributed by atoms with Crippen molar-refractivity contribution in [1.29, 1.82) is 0 Å². The van der Waals surface area contributed by atoms with Crippen molar-refractivity contribution in [3.05, 3.63) is 48.3 Å². The molecule has 1 amide bonds. The van der Waals surface area contributed by atoms with Gasteiger partial charge >= 0.3 is 0 Å². The maximum absolute atomic E-state index is 12.2. The molecule has 0 aliphatic rings. The summed E-state index contributed by atoms with van der Waals surface area (Å²) in [5, 5.41) is 0. The number of nitrogens with zero attached hydrogens (tertiary/aromatic N) is 4. The van der Waals surface area contributed by atoms with Crippen LogP contribution in [-0.2, 0) is 13.1 Å². The Bertz CT molecular complexity index is 537. The van der Waals surface area contributed by atoms with E-state index < -0.39 is 0 Å². The summed E-state index contributed by atoms with van der Waals surface area (Å²) in [5.74, 6) is -0.124. The first-order valence-electron chi connectivity index (χ1n) is 6.08. The summed E-state index contributed by atoms with van der Waals surface area (Å²) in [6.07, 6.45) is 5.04. The summed E-state index contributed by atoms with van der Waals surface area (Å²) in [4.78, 5) is 22.0. The lowest BCUT2D eigenvalue weighted by Gasteiger charge is -2.15. The minimum Gasteiger partial charge on any atom is -0.335 e. The highest BCUT2D eigenvalue weighted by molar-refractivity contribution is 5.91. The Balaban J connectivity index is 2.02. The van der Waals surface area contributed by atoms with E-state index in [1.54, 1.807) is 30.7 Å². The highest BCUT2D eigenvalue weighted by atomic mass is 16.2. The third-order valence-corrected chi connectivity index (χ3v) is 2.71. The summed E-state index contributed by atoms with van der Waals surface area (Å²) in [6.45, 7) is 1.64. The van der Waals surface area contributed by atoms with Gasteiger partial charge in [0.05, 0.1) is 18.6 Å². The number of carbonyl (C=O) groups is 1. The fourth-order valence-electron chi connectivity index (χ4n) is 1.74. The molecular weight excluding hydrogens is 242 g/mol. The smallest absolute Gasteiger partial charge is 0.274 e. The molecule has 0 atom stereocenters. The van der Waals surface area contributed by atoms with Gasteiger partial charge in [-0.25, -0.2) is 4.98 Å². The molecule has 0 bridgehead atoms. The second kappa shape index (κ2) is 6.10. The van der Waals surface area contributed by atoms with Crippen LogP contribution in [0.25, 0.3) is 0 Å². The van der Waals surface area contributed by atoms with Crippen LogP contribution in [0.2, 0.25) is 0 Å². The second-order valence-electron chi connectivity index (χ2n) is 4.27. The van der Waals surface area contributed by atoms with Crippen molar-refractivity contribution in [1.82, 2.24) is 19.4 Å². The van der Waals surface area contributed by atoms with Gasteiger partial charge in [0.25, 0.3) is 5.91 Å². The molecule has 0 aliphatic carbocycles. The monoisotopic (exact) mass is 259 g/mol. The molecule has 0 saturated heterocycles. The van der Waals surface area contributed by atoms with Crippen LogP contribution in [0.5, 0.6) is 0 Å². The number of amides is 1. The number of nitrogens with two attached hydrogens (primary N) is 1. The average Bonchev–Trinajstić information content (AvgIpc) is 2.88. The van der Waals surface area contributed by atoms with Crippen LogP contribution in [0.3, 0.4) is 0 Å². The molecule has 100 valence electrons. The van der Waals surface area contributed by atoms with E-state index in [9.17, 15) is 4.79 Å². The Morgan fingerprint density at radius 3 is 2.95 bits per heavy atom. The minimum absolute atomic E-state index is 0.124. The molecule has 2 aromatic heterocycles. The fraction of sp³-hybridized carbons (Fsp3) is 0.308. The summed E-state index contributed by atoms with van der Waals surface area (Å²) < 4.78 is 1.81. The van der Waals surface area contributed by atoms with Gasteiger partial charge in [-0.15, -0.1) is 0 Å². The largest absolute Gasteiger partial charge is 0.335 e. The molecule has 2 rings (SSSR count). The van der Waals surface area contributed by atoms with Crippen LogP contribution >= 0.6 is 0 Å². The van der Waals surface area contributed by atoms with Crippen LogP contribution in [-0.4, -0.2) is 38.9 Å². The molecule has 2 N–H and O–H groups in total. The molecule has 0 radical (unpaired) electrons. The zero-order chi connectivity index (χ0) is 13.7. The maximum Gasteiger partial charge on any atom is 0.274 e. The number of pyridine rings is 1. The molecule has 0 aliphatic heterocycles. The van der Waals surface area contributed by atoms with Crippen molar-refractivity contribution < 1.29 is 4.79 Å². The van der Waals surface area contributed by atoms with Crippen molar-refractivity contribution in [2.45, 2.75) is 13.1 Å². The van der Waals surface area contributed by atoms with Crippen molar-refractivity contribution >= 4 is 5.91 Å². The topological polar surface area (TPSA) is 77.0 Å². The first kappa shape index (κ1) is 13.2. The average molecular weight is 259 g/mol. The zero-order valence-electron chi connectivity index (χ0n) is 10.9. The van der Waals surface area contributed by atoms with Gasteiger partial charge < -0.3 is 15.2 Å². The molecule has 6 heteroatoms. The molecule has 0 spiro atoms. The Kier molecular flexibility index (Phi) is 4.25. The van der Waals surface area contributed by atoms with Crippen molar-refractivity contribution in [2.24, 2.45) is 5.73 Å². The first-order valence-corrected chi connectivity index (χ1v) is 6.08. The van der Waals surface area contributed by atoms with E-state index in [0.717, 1.165) is 5.69 Å². The Labute approximate surface area is 111 Å². The normalized spacial score (nSPS) is 10.4. The van der Waals surface area contributed by atoms with Gasteiger partial charge in [0.15, 0.2) is 0 Å². The van der Waals surface area contributed by atoms with Crippen LogP contribution in [0.15, 0.2) is 36.9 Å². The van der Waals surface area contributed by atoms with Gasteiger partial charge in [0.1, 0.15) is 5.69 Å². The van der Waals surface area contributed by atoms with Crippen molar-refractivity contribution in [3.8, 4) is 0 Å². The molecule has 19 heavy (non-hydrogen) atoms. The number of imidazole rings is 1. The van der Waals surface area contributed by atoms with Gasteiger partial charge in [0, 0.05) is 32.5 Å². The third-order valence-electron chi connectivity index (χ3n) is 2.71. The summed E-state index contributed by atoms with van der Waals surface area (Å²) >= 11 is 0. The number of carbonyl (C=O) groups excluding carboxylic acids is 1. The number of hydrogen-bond acceptors (Lipinski definition) is 4. The predicted octanol–water partition coefficient (Wildman–Crippen LogP) is 0.509. The quantitative estimate of drug-likeness (QED) is 0.848. The molecule has 0 unspecified atom stereocenters. The number of aromatic nitrogens is 3. The maximum atomic E-state index is 12.2. The lowest BCUT2D eigenvalue weighted by molar-refractivity contribution is 0.0778. The zero-order valence-corrected chi connectivity index (χ0v) is 10.9. The van der Waals surface area contributed by atoms with E-state index >= 15 is 0 Å². The van der Waals surface area contributed by atoms with E-state index in [0.29, 0.717) is 25.3 Å². The molecule has 0 aromatic carbocycles. The molecule has 6 nitrogen and oxygen atoms in total. The fourth-order valence-corrected chi connectivity index (χ4v) is 1.74. The van der Waals surface area contributed by atoms with E-state index in [4.69, 9.17) is 5.73 Å². The van der Waals surface area contributed by atoms with Crippen molar-refractivity contribution in [3.63, 3.8) is 0 Å². The third kappa shape index (κ3) is 3.38. The van der Waals surface area contributed by atoms with Gasteiger partial charge in [0.2, 0.25) is 0 Å². The van der Waals surface area contributed by atoms with Crippen LogP contribution < -0.4 is 5.73 Å². The van der Waals surface area contributed by atoms with Crippen molar-refractivity contribution in [2.75, 3.05) is 13.6 Å². The van der Waals surface area contributed by atoms with Crippen LogP contribution in [0, 0.1) is 0 Å². The minimum atomic E-state index is -0.124.